The average molecular weight is 400 g/mol. The largest absolute Gasteiger partial charge is 0.271 e. The first-order valence-corrected chi connectivity index (χ1v) is 6.70. The number of rotatable bonds is 2. The fourth-order valence-electron chi connectivity index (χ4n) is 1.67. The molecule has 0 spiro atoms. The zero-order chi connectivity index (χ0) is 9.19. The van der Waals surface area contributed by atoms with E-state index >= 15 is 0 Å². The van der Waals surface area contributed by atoms with Gasteiger partial charge in [0.05, 0.1) is 0 Å². The second-order valence-corrected chi connectivity index (χ2v) is 8.18. The lowest BCUT2D eigenvalue weighted by atomic mass is 9.85. The Balaban J connectivity index is 2.53. The van der Waals surface area contributed by atoms with Gasteiger partial charge in [-0.25, -0.2) is 8.78 Å². The SMILES string of the molecule is FC(F)(C(I)I)C1CCCCC1. The van der Waals surface area contributed by atoms with Crippen LogP contribution in [0.25, 0.3) is 0 Å². The van der Waals surface area contributed by atoms with Crippen molar-refractivity contribution >= 4 is 45.2 Å². The van der Waals surface area contributed by atoms with E-state index in [4.69, 9.17) is 0 Å². The van der Waals surface area contributed by atoms with Crippen molar-refractivity contribution in [1.82, 2.24) is 0 Å². The molecule has 0 N–H and O–H groups in total. The molecule has 0 nitrogen and oxygen atoms in total. The molecule has 0 atom stereocenters. The Labute approximate surface area is 99.1 Å². The van der Waals surface area contributed by atoms with Crippen molar-refractivity contribution in [2.24, 2.45) is 5.92 Å². The van der Waals surface area contributed by atoms with E-state index in [1.54, 1.807) is 0 Å². The van der Waals surface area contributed by atoms with E-state index in [0.29, 0.717) is 0 Å². The van der Waals surface area contributed by atoms with Crippen molar-refractivity contribution < 1.29 is 8.78 Å². The molecule has 0 aromatic carbocycles. The van der Waals surface area contributed by atoms with Crippen molar-refractivity contribution in [1.29, 1.82) is 0 Å². The summed E-state index contributed by atoms with van der Waals surface area (Å²) >= 11 is 3.65. The highest BCUT2D eigenvalue weighted by atomic mass is 127. The molecule has 0 aromatic rings. The van der Waals surface area contributed by atoms with Gasteiger partial charge in [0.15, 0.2) is 0 Å². The van der Waals surface area contributed by atoms with Gasteiger partial charge in [0, 0.05) is 5.92 Å². The topological polar surface area (TPSA) is 0 Å². The molecule has 1 fully saturated rings. The molecule has 1 aliphatic carbocycles. The first-order valence-electron chi connectivity index (χ1n) is 4.21. The van der Waals surface area contributed by atoms with E-state index in [0.717, 1.165) is 32.1 Å². The van der Waals surface area contributed by atoms with Crippen LogP contribution >= 0.6 is 45.2 Å². The summed E-state index contributed by atoms with van der Waals surface area (Å²) in [4.78, 5) is 0. The second kappa shape index (κ2) is 4.70. The van der Waals surface area contributed by atoms with E-state index in [1.165, 1.54) is 0 Å². The van der Waals surface area contributed by atoms with Crippen LogP contribution in [-0.2, 0) is 0 Å². The van der Waals surface area contributed by atoms with Gasteiger partial charge in [-0.3, -0.25) is 0 Å². The molecule has 0 unspecified atom stereocenters. The van der Waals surface area contributed by atoms with Gasteiger partial charge in [0.2, 0.25) is 0 Å². The molecule has 0 aliphatic heterocycles. The van der Waals surface area contributed by atoms with Crippen LogP contribution in [0.3, 0.4) is 0 Å². The maximum absolute atomic E-state index is 13.4. The summed E-state index contributed by atoms with van der Waals surface area (Å²) in [5.41, 5.74) is 0. The van der Waals surface area contributed by atoms with Crippen molar-refractivity contribution in [2.75, 3.05) is 0 Å². The molecule has 4 heteroatoms. The van der Waals surface area contributed by atoms with Crippen LogP contribution in [0, 0.1) is 5.92 Å². The Hall–Kier alpha value is 1.32. The Morgan fingerprint density at radius 2 is 1.58 bits per heavy atom. The predicted molar refractivity (Wildman–Crippen MR) is 63.4 cm³/mol. The molecular formula is C8H12F2I2. The van der Waals surface area contributed by atoms with Crippen LogP contribution in [0.5, 0.6) is 0 Å². The van der Waals surface area contributed by atoms with Gasteiger partial charge in [-0.1, -0.05) is 64.4 Å². The zero-order valence-electron chi connectivity index (χ0n) is 6.70. The molecule has 0 bridgehead atoms. The quantitative estimate of drug-likeness (QED) is 0.477. The normalized spacial score (nSPS) is 21.8. The molecule has 0 amide bonds. The van der Waals surface area contributed by atoms with Gasteiger partial charge in [-0.2, -0.15) is 0 Å². The summed E-state index contributed by atoms with van der Waals surface area (Å²) in [7, 11) is 0. The fraction of sp³-hybridized carbons (Fsp3) is 1.00. The lowest BCUT2D eigenvalue weighted by molar-refractivity contribution is -0.0491. The highest BCUT2D eigenvalue weighted by Gasteiger charge is 2.44. The van der Waals surface area contributed by atoms with Crippen LogP contribution in [0.4, 0.5) is 8.78 Å². The maximum atomic E-state index is 13.4. The van der Waals surface area contributed by atoms with Crippen molar-refractivity contribution in [3.05, 3.63) is 0 Å². The minimum absolute atomic E-state index is 0.356. The third-order valence-electron chi connectivity index (χ3n) is 2.44. The first kappa shape index (κ1) is 11.4. The van der Waals surface area contributed by atoms with Crippen LogP contribution in [0.15, 0.2) is 0 Å². The number of alkyl halides is 4. The van der Waals surface area contributed by atoms with Gasteiger partial charge < -0.3 is 0 Å². The molecule has 12 heavy (non-hydrogen) atoms. The molecule has 1 saturated carbocycles. The van der Waals surface area contributed by atoms with E-state index < -0.39 is 7.85 Å². The minimum Gasteiger partial charge on any atom is -0.204 e. The summed E-state index contributed by atoms with van der Waals surface area (Å²) in [6, 6.07) is 0. The summed E-state index contributed by atoms with van der Waals surface area (Å²) in [5.74, 6) is -2.81. The summed E-state index contributed by atoms with van der Waals surface area (Å²) < 4.78 is 26.3. The van der Waals surface area contributed by atoms with E-state index in [-0.39, 0.29) is 5.92 Å². The zero-order valence-corrected chi connectivity index (χ0v) is 11.0. The molecule has 0 radical (unpaired) electrons. The number of hydrogen-bond acceptors (Lipinski definition) is 0. The molecule has 0 aromatic heterocycles. The smallest absolute Gasteiger partial charge is 0.204 e. The molecule has 1 aliphatic rings. The summed E-state index contributed by atoms with van der Waals surface area (Å²) in [5, 5.41) is 0. The molecule has 72 valence electrons. The third kappa shape index (κ3) is 2.65. The lowest BCUT2D eigenvalue weighted by Crippen LogP contribution is -2.35. The van der Waals surface area contributed by atoms with Gasteiger partial charge in [0.1, 0.15) is 1.93 Å². The Bertz CT molecular complexity index is 142. The van der Waals surface area contributed by atoms with Crippen molar-refractivity contribution in [2.45, 2.75) is 40.0 Å². The number of halogens is 4. The third-order valence-corrected chi connectivity index (χ3v) is 4.10. The highest BCUT2D eigenvalue weighted by molar-refractivity contribution is 14.2. The van der Waals surface area contributed by atoms with Crippen LogP contribution in [-0.4, -0.2) is 7.85 Å². The minimum atomic E-state index is -2.46. The first-order chi connectivity index (χ1) is 5.55. The van der Waals surface area contributed by atoms with Crippen LogP contribution < -0.4 is 0 Å². The highest BCUT2D eigenvalue weighted by Crippen LogP contribution is 2.43. The molecule has 0 saturated heterocycles. The standard InChI is InChI=1S/C8H12F2I2/c9-8(10,7(11)12)6-4-2-1-3-5-6/h6-7H,1-5H2. The van der Waals surface area contributed by atoms with E-state index in [2.05, 4.69) is 0 Å². The predicted octanol–water partition coefficient (Wildman–Crippen LogP) is 4.40. The van der Waals surface area contributed by atoms with Crippen LogP contribution in [0.1, 0.15) is 32.1 Å². The Morgan fingerprint density at radius 1 is 1.08 bits per heavy atom. The molecular weight excluding hydrogens is 388 g/mol. The fourth-order valence-corrected chi connectivity index (χ4v) is 2.68. The van der Waals surface area contributed by atoms with Gasteiger partial charge in [-0.15, -0.1) is 0 Å². The van der Waals surface area contributed by atoms with E-state index in [9.17, 15) is 8.78 Å². The van der Waals surface area contributed by atoms with E-state index in [1.807, 2.05) is 45.2 Å². The van der Waals surface area contributed by atoms with Gasteiger partial charge in [-0.05, 0) is 12.8 Å². The average Bonchev–Trinajstić information content (AvgIpc) is 2.06. The molecule has 0 heterocycles. The lowest BCUT2D eigenvalue weighted by Gasteiger charge is -2.31. The van der Waals surface area contributed by atoms with Crippen molar-refractivity contribution in [3.8, 4) is 0 Å². The monoisotopic (exact) mass is 400 g/mol. The van der Waals surface area contributed by atoms with Gasteiger partial charge in [0.25, 0.3) is 5.92 Å². The van der Waals surface area contributed by atoms with Gasteiger partial charge >= 0.3 is 0 Å². The van der Waals surface area contributed by atoms with Crippen molar-refractivity contribution in [3.63, 3.8) is 0 Å². The number of hydrogen-bond donors (Lipinski definition) is 0. The molecule has 1 rings (SSSR count). The Kier molecular flexibility index (Phi) is 4.47. The Morgan fingerprint density at radius 3 is 2.00 bits per heavy atom. The summed E-state index contributed by atoms with van der Waals surface area (Å²) in [6.45, 7) is 0. The maximum Gasteiger partial charge on any atom is 0.271 e. The van der Waals surface area contributed by atoms with Crippen LogP contribution in [0.2, 0.25) is 0 Å². The second-order valence-electron chi connectivity index (χ2n) is 3.31. The summed E-state index contributed by atoms with van der Waals surface area (Å²) in [6.07, 6.45) is 4.55.